The second kappa shape index (κ2) is 4.17. The Balaban J connectivity index is 1.93. The molecule has 0 unspecified atom stereocenters. The summed E-state index contributed by atoms with van der Waals surface area (Å²) >= 11 is 1.78. The Labute approximate surface area is 82.6 Å². The summed E-state index contributed by atoms with van der Waals surface area (Å²) < 4.78 is 0. The lowest BCUT2D eigenvalue weighted by Gasteiger charge is -2.25. The zero-order valence-electron chi connectivity index (χ0n) is 7.70. The quantitative estimate of drug-likeness (QED) is 0.781. The monoisotopic (exact) mass is 197 g/mol. The van der Waals surface area contributed by atoms with Crippen LogP contribution < -0.4 is 5.73 Å². The molecular weight excluding hydrogens is 182 g/mol. The molecule has 1 aliphatic rings. The maximum atomic E-state index is 5.48. The van der Waals surface area contributed by atoms with E-state index in [0.717, 1.165) is 39.0 Å². The van der Waals surface area contributed by atoms with Gasteiger partial charge in [0.1, 0.15) is 0 Å². The molecule has 0 aliphatic carbocycles. The molecule has 1 aromatic heterocycles. The van der Waals surface area contributed by atoms with E-state index in [1.54, 1.807) is 11.3 Å². The molecule has 1 aromatic rings. The molecule has 3 nitrogen and oxygen atoms in total. The van der Waals surface area contributed by atoms with Gasteiger partial charge in [0, 0.05) is 24.4 Å². The first kappa shape index (κ1) is 9.12. The van der Waals surface area contributed by atoms with Crippen molar-refractivity contribution < 1.29 is 0 Å². The predicted octanol–water partition coefficient (Wildman–Crippen LogP) is 0.850. The predicted molar refractivity (Wildman–Crippen MR) is 54.8 cm³/mol. The van der Waals surface area contributed by atoms with Crippen molar-refractivity contribution in [3.8, 4) is 0 Å². The molecule has 2 rings (SSSR count). The Morgan fingerprint density at radius 1 is 1.62 bits per heavy atom. The summed E-state index contributed by atoms with van der Waals surface area (Å²) in [7, 11) is 0. The van der Waals surface area contributed by atoms with Crippen molar-refractivity contribution in [2.75, 3.05) is 19.6 Å². The van der Waals surface area contributed by atoms with Gasteiger partial charge in [-0.15, -0.1) is 11.3 Å². The molecule has 13 heavy (non-hydrogen) atoms. The van der Waals surface area contributed by atoms with Crippen LogP contribution in [0.3, 0.4) is 0 Å². The highest BCUT2D eigenvalue weighted by atomic mass is 32.1. The van der Waals surface area contributed by atoms with Crippen LogP contribution >= 0.6 is 11.3 Å². The molecule has 0 radical (unpaired) electrons. The summed E-state index contributed by atoms with van der Waals surface area (Å²) in [6.45, 7) is 4.16. The molecule has 2 heterocycles. The minimum absolute atomic E-state index is 0.798. The Hall–Kier alpha value is -0.450. The SMILES string of the molecule is NCCCN1CCc2ncsc2C1. The van der Waals surface area contributed by atoms with Gasteiger partial charge in [0.2, 0.25) is 0 Å². The highest BCUT2D eigenvalue weighted by molar-refractivity contribution is 7.09. The van der Waals surface area contributed by atoms with E-state index in [9.17, 15) is 0 Å². The van der Waals surface area contributed by atoms with Crippen molar-refractivity contribution in [1.29, 1.82) is 0 Å². The Kier molecular flexibility index (Phi) is 2.93. The number of nitrogens with two attached hydrogens (primary N) is 1. The Bertz CT molecular complexity index is 272. The first-order valence-corrected chi connectivity index (χ1v) is 5.62. The van der Waals surface area contributed by atoms with Crippen molar-refractivity contribution >= 4 is 11.3 Å². The topological polar surface area (TPSA) is 42.1 Å². The van der Waals surface area contributed by atoms with Gasteiger partial charge in [0.15, 0.2) is 0 Å². The lowest BCUT2D eigenvalue weighted by atomic mass is 10.2. The van der Waals surface area contributed by atoms with E-state index < -0.39 is 0 Å². The van der Waals surface area contributed by atoms with E-state index in [4.69, 9.17) is 5.73 Å². The van der Waals surface area contributed by atoms with Crippen LogP contribution in [-0.2, 0) is 13.0 Å². The highest BCUT2D eigenvalue weighted by Crippen LogP contribution is 2.21. The van der Waals surface area contributed by atoms with Crippen LogP contribution in [0.2, 0.25) is 0 Å². The average Bonchev–Trinajstić information content (AvgIpc) is 2.61. The highest BCUT2D eigenvalue weighted by Gasteiger charge is 2.17. The molecule has 2 N–H and O–H groups in total. The summed E-state index contributed by atoms with van der Waals surface area (Å²) in [5, 5.41) is 0. The largest absolute Gasteiger partial charge is 0.330 e. The molecule has 0 spiro atoms. The molecule has 0 fully saturated rings. The molecule has 0 atom stereocenters. The number of hydrogen-bond acceptors (Lipinski definition) is 4. The van der Waals surface area contributed by atoms with E-state index in [2.05, 4.69) is 9.88 Å². The van der Waals surface area contributed by atoms with Gasteiger partial charge in [-0.05, 0) is 19.5 Å². The summed E-state index contributed by atoms with van der Waals surface area (Å²) in [5.41, 5.74) is 8.75. The standard InChI is InChI=1S/C9H15N3S/c10-3-1-4-12-5-2-8-9(6-12)13-7-11-8/h7H,1-6,10H2. The smallest absolute Gasteiger partial charge is 0.0798 e. The van der Waals surface area contributed by atoms with Gasteiger partial charge in [0.05, 0.1) is 11.2 Å². The van der Waals surface area contributed by atoms with Gasteiger partial charge in [-0.1, -0.05) is 0 Å². The van der Waals surface area contributed by atoms with Gasteiger partial charge in [-0.2, -0.15) is 0 Å². The third-order valence-electron chi connectivity index (χ3n) is 2.44. The molecule has 0 aromatic carbocycles. The third kappa shape index (κ3) is 2.07. The Morgan fingerprint density at radius 2 is 2.54 bits per heavy atom. The van der Waals surface area contributed by atoms with Crippen molar-refractivity contribution in [3.05, 3.63) is 16.1 Å². The molecule has 4 heteroatoms. The molecule has 0 bridgehead atoms. The maximum absolute atomic E-state index is 5.48. The third-order valence-corrected chi connectivity index (χ3v) is 3.30. The van der Waals surface area contributed by atoms with Crippen LogP contribution in [0.25, 0.3) is 0 Å². The normalized spacial score (nSPS) is 17.3. The fourth-order valence-electron chi connectivity index (χ4n) is 1.68. The van der Waals surface area contributed by atoms with Crippen molar-refractivity contribution in [2.24, 2.45) is 5.73 Å². The average molecular weight is 197 g/mol. The van der Waals surface area contributed by atoms with E-state index in [1.807, 2.05) is 5.51 Å². The molecule has 0 saturated carbocycles. The van der Waals surface area contributed by atoms with Crippen molar-refractivity contribution in [1.82, 2.24) is 9.88 Å². The van der Waals surface area contributed by atoms with Crippen LogP contribution in [0.15, 0.2) is 5.51 Å². The van der Waals surface area contributed by atoms with Gasteiger partial charge < -0.3 is 5.73 Å². The molecular formula is C9H15N3S. The van der Waals surface area contributed by atoms with Crippen molar-refractivity contribution in [2.45, 2.75) is 19.4 Å². The van der Waals surface area contributed by atoms with E-state index in [0.29, 0.717) is 0 Å². The van der Waals surface area contributed by atoms with Gasteiger partial charge in [0.25, 0.3) is 0 Å². The zero-order chi connectivity index (χ0) is 9.10. The lowest BCUT2D eigenvalue weighted by Crippen LogP contribution is -2.31. The van der Waals surface area contributed by atoms with Gasteiger partial charge in [-0.3, -0.25) is 4.90 Å². The molecule has 1 aliphatic heterocycles. The van der Waals surface area contributed by atoms with Crippen LogP contribution in [0, 0.1) is 0 Å². The summed E-state index contributed by atoms with van der Waals surface area (Å²) in [6.07, 6.45) is 2.22. The summed E-state index contributed by atoms with van der Waals surface area (Å²) in [6, 6.07) is 0. The number of hydrogen-bond donors (Lipinski definition) is 1. The zero-order valence-corrected chi connectivity index (χ0v) is 8.52. The second-order valence-corrected chi connectivity index (χ2v) is 4.33. The van der Waals surface area contributed by atoms with Crippen LogP contribution in [0.1, 0.15) is 17.0 Å². The molecule has 0 amide bonds. The molecule has 72 valence electrons. The van der Waals surface area contributed by atoms with E-state index in [-0.39, 0.29) is 0 Å². The minimum atomic E-state index is 0.798. The maximum Gasteiger partial charge on any atom is 0.0798 e. The summed E-state index contributed by atoms with van der Waals surface area (Å²) in [4.78, 5) is 8.25. The lowest BCUT2D eigenvalue weighted by molar-refractivity contribution is 0.254. The van der Waals surface area contributed by atoms with E-state index in [1.165, 1.54) is 10.6 Å². The van der Waals surface area contributed by atoms with E-state index >= 15 is 0 Å². The van der Waals surface area contributed by atoms with Crippen LogP contribution in [0.5, 0.6) is 0 Å². The molecule has 0 saturated heterocycles. The first-order chi connectivity index (χ1) is 6.40. The fraction of sp³-hybridized carbons (Fsp3) is 0.667. The Morgan fingerprint density at radius 3 is 3.38 bits per heavy atom. The minimum Gasteiger partial charge on any atom is -0.330 e. The number of aromatic nitrogens is 1. The summed E-state index contributed by atoms with van der Waals surface area (Å²) in [5.74, 6) is 0. The first-order valence-electron chi connectivity index (χ1n) is 4.74. The number of nitrogens with zero attached hydrogens (tertiary/aromatic N) is 2. The number of thiazole rings is 1. The van der Waals surface area contributed by atoms with Gasteiger partial charge in [-0.25, -0.2) is 4.98 Å². The number of fused-ring (bicyclic) bond motifs is 1. The fourth-order valence-corrected chi connectivity index (χ4v) is 2.53. The van der Waals surface area contributed by atoms with Crippen molar-refractivity contribution in [3.63, 3.8) is 0 Å². The van der Waals surface area contributed by atoms with Gasteiger partial charge >= 0.3 is 0 Å². The van der Waals surface area contributed by atoms with Crippen LogP contribution in [-0.4, -0.2) is 29.5 Å². The number of rotatable bonds is 3. The van der Waals surface area contributed by atoms with Crippen LogP contribution in [0.4, 0.5) is 0 Å². The second-order valence-electron chi connectivity index (χ2n) is 3.39.